The number of aryl methyl sites for hydroxylation is 1. The van der Waals surface area contributed by atoms with Crippen LogP contribution in [0, 0.1) is 13.8 Å². The zero-order chi connectivity index (χ0) is 17.7. The molecule has 0 radical (unpaired) electrons. The molecule has 0 amide bonds. The zero-order valence-corrected chi connectivity index (χ0v) is 15.7. The monoisotopic (exact) mass is 370 g/mol. The summed E-state index contributed by atoms with van der Waals surface area (Å²) in [5, 5.41) is 8.56. The molecule has 132 valence electrons. The van der Waals surface area contributed by atoms with Crippen molar-refractivity contribution in [1.29, 1.82) is 0 Å². The predicted molar refractivity (Wildman–Crippen MR) is 96.8 cm³/mol. The molecular weight excluding hydrogens is 348 g/mol. The highest BCUT2D eigenvalue weighted by molar-refractivity contribution is 7.88. The van der Waals surface area contributed by atoms with E-state index >= 15 is 0 Å². The van der Waals surface area contributed by atoms with Gasteiger partial charge in [-0.1, -0.05) is 29.8 Å². The molecule has 0 bridgehead atoms. The lowest BCUT2D eigenvalue weighted by atomic mass is 10.2. The molecule has 0 unspecified atom stereocenters. The van der Waals surface area contributed by atoms with Gasteiger partial charge in [-0.3, -0.25) is 4.68 Å². The fourth-order valence-electron chi connectivity index (χ4n) is 2.47. The van der Waals surface area contributed by atoms with Crippen LogP contribution < -0.4 is 10.0 Å². The number of halogens is 1. The van der Waals surface area contributed by atoms with E-state index in [4.69, 9.17) is 11.6 Å². The summed E-state index contributed by atoms with van der Waals surface area (Å²) >= 11 is 6.22. The van der Waals surface area contributed by atoms with Crippen LogP contribution in [0.3, 0.4) is 0 Å². The molecule has 0 aliphatic rings. The van der Waals surface area contributed by atoms with Crippen LogP contribution in [0.15, 0.2) is 24.3 Å². The number of nitrogens with zero attached hydrogens (tertiary/aromatic N) is 2. The van der Waals surface area contributed by atoms with Gasteiger partial charge in [0, 0.05) is 35.9 Å². The van der Waals surface area contributed by atoms with Gasteiger partial charge in [-0.05, 0) is 25.5 Å². The third-order valence-electron chi connectivity index (χ3n) is 3.78. The average Bonchev–Trinajstić information content (AvgIpc) is 2.75. The lowest BCUT2D eigenvalue weighted by Crippen LogP contribution is -2.31. The van der Waals surface area contributed by atoms with E-state index in [1.165, 1.54) is 0 Å². The summed E-state index contributed by atoms with van der Waals surface area (Å²) in [6.45, 7) is 6.20. The van der Waals surface area contributed by atoms with Crippen molar-refractivity contribution in [1.82, 2.24) is 19.8 Å². The molecule has 24 heavy (non-hydrogen) atoms. The van der Waals surface area contributed by atoms with Crippen LogP contribution in [0.4, 0.5) is 0 Å². The zero-order valence-electron chi connectivity index (χ0n) is 14.1. The van der Waals surface area contributed by atoms with Gasteiger partial charge in [-0.15, -0.1) is 0 Å². The predicted octanol–water partition coefficient (Wildman–Crippen LogP) is 1.84. The van der Waals surface area contributed by atoms with Gasteiger partial charge in [0.05, 0.1) is 18.5 Å². The Morgan fingerprint density at radius 3 is 2.58 bits per heavy atom. The summed E-state index contributed by atoms with van der Waals surface area (Å²) in [7, 11) is -3.14. The van der Waals surface area contributed by atoms with Crippen molar-refractivity contribution in [3.63, 3.8) is 0 Å². The summed E-state index contributed by atoms with van der Waals surface area (Å²) in [5.74, 6) is 0. The van der Waals surface area contributed by atoms with E-state index in [0.29, 0.717) is 26.2 Å². The maximum absolute atomic E-state index is 11.0. The van der Waals surface area contributed by atoms with Crippen LogP contribution in [-0.2, 0) is 23.1 Å². The van der Waals surface area contributed by atoms with Crippen molar-refractivity contribution < 1.29 is 8.42 Å². The normalized spacial score (nSPS) is 11.8. The van der Waals surface area contributed by atoms with Crippen molar-refractivity contribution >= 4 is 21.6 Å². The molecule has 0 aliphatic carbocycles. The van der Waals surface area contributed by atoms with Crippen LogP contribution in [0.2, 0.25) is 5.02 Å². The highest BCUT2D eigenvalue weighted by Gasteiger charge is 2.12. The molecule has 8 heteroatoms. The van der Waals surface area contributed by atoms with Gasteiger partial charge in [0.15, 0.2) is 0 Å². The molecule has 1 aromatic carbocycles. The maximum Gasteiger partial charge on any atom is 0.208 e. The van der Waals surface area contributed by atoms with Crippen molar-refractivity contribution in [3.8, 4) is 0 Å². The Balaban J connectivity index is 1.97. The number of benzene rings is 1. The summed E-state index contributed by atoms with van der Waals surface area (Å²) in [6, 6.07) is 7.74. The SMILES string of the molecule is Cc1nn(Cc2ccccc2Cl)c(C)c1CNCCNS(C)(=O)=O. The molecule has 2 N–H and O–H groups in total. The highest BCUT2D eigenvalue weighted by atomic mass is 35.5. The quantitative estimate of drug-likeness (QED) is 0.695. The summed E-state index contributed by atoms with van der Waals surface area (Å²) < 4.78 is 26.4. The Hall–Kier alpha value is -1.41. The molecule has 6 nitrogen and oxygen atoms in total. The molecule has 2 rings (SSSR count). The molecule has 0 spiro atoms. The molecule has 0 saturated heterocycles. The van der Waals surface area contributed by atoms with E-state index in [9.17, 15) is 8.42 Å². The minimum Gasteiger partial charge on any atom is -0.311 e. The highest BCUT2D eigenvalue weighted by Crippen LogP contribution is 2.19. The molecule has 1 aromatic heterocycles. The Bertz CT molecular complexity index is 802. The van der Waals surface area contributed by atoms with E-state index in [-0.39, 0.29) is 0 Å². The van der Waals surface area contributed by atoms with Gasteiger partial charge >= 0.3 is 0 Å². The number of hydrogen-bond acceptors (Lipinski definition) is 4. The van der Waals surface area contributed by atoms with Crippen LogP contribution >= 0.6 is 11.6 Å². The third kappa shape index (κ3) is 5.31. The van der Waals surface area contributed by atoms with Gasteiger partial charge in [-0.2, -0.15) is 5.10 Å². The minimum atomic E-state index is -3.14. The molecule has 0 atom stereocenters. The van der Waals surface area contributed by atoms with Gasteiger partial charge in [0.25, 0.3) is 0 Å². The van der Waals surface area contributed by atoms with Crippen molar-refractivity contribution in [2.45, 2.75) is 26.9 Å². The molecule has 0 fully saturated rings. The van der Waals surface area contributed by atoms with Gasteiger partial charge < -0.3 is 5.32 Å². The standard InChI is InChI=1S/C16H23ClN4O2S/c1-12-15(10-18-8-9-19-24(3,22)23)13(2)21(20-12)11-14-6-4-5-7-16(14)17/h4-7,18-19H,8-11H2,1-3H3. The van der Waals surface area contributed by atoms with Gasteiger partial charge in [0.2, 0.25) is 10.0 Å². The third-order valence-corrected chi connectivity index (χ3v) is 4.87. The molecule has 1 heterocycles. The molecule has 0 saturated carbocycles. The summed E-state index contributed by atoms with van der Waals surface area (Å²) in [6.07, 6.45) is 1.15. The van der Waals surface area contributed by atoms with Crippen LogP contribution in [0.25, 0.3) is 0 Å². The summed E-state index contributed by atoms with van der Waals surface area (Å²) in [4.78, 5) is 0. The minimum absolute atomic E-state index is 0.366. The maximum atomic E-state index is 11.0. The fourth-order valence-corrected chi connectivity index (χ4v) is 3.14. The average molecular weight is 371 g/mol. The Morgan fingerprint density at radius 1 is 1.21 bits per heavy atom. The van der Waals surface area contributed by atoms with Crippen LogP contribution in [-0.4, -0.2) is 37.5 Å². The van der Waals surface area contributed by atoms with E-state index in [1.807, 2.05) is 42.8 Å². The van der Waals surface area contributed by atoms with E-state index in [2.05, 4.69) is 15.1 Å². The second kappa shape index (κ2) is 8.11. The Morgan fingerprint density at radius 2 is 1.92 bits per heavy atom. The lowest BCUT2D eigenvalue weighted by Gasteiger charge is -2.08. The number of hydrogen-bond donors (Lipinski definition) is 2. The fraction of sp³-hybridized carbons (Fsp3) is 0.438. The molecule has 2 aromatic rings. The first-order valence-corrected chi connectivity index (χ1v) is 9.96. The lowest BCUT2D eigenvalue weighted by molar-refractivity contribution is 0.581. The van der Waals surface area contributed by atoms with Gasteiger partial charge in [0.1, 0.15) is 0 Å². The largest absolute Gasteiger partial charge is 0.311 e. The first-order chi connectivity index (χ1) is 11.3. The van der Waals surface area contributed by atoms with Crippen molar-refractivity contribution in [3.05, 3.63) is 51.8 Å². The van der Waals surface area contributed by atoms with Crippen molar-refractivity contribution in [2.24, 2.45) is 0 Å². The van der Waals surface area contributed by atoms with Crippen LogP contribution in [0.1, 0.15) is 22.5 Å². The Kier molecular flexibility index (Phi) is 6.40. The number of aromatic nitrogens is 2. The number of sulfonamides is 1. The Labute approximate surface area is 148 Å². The smallest absolute Gasteiger partial charge is 0.208 e. The van der Waals surface area contributed by atoms with Crippen LogP contribution in [0.5, 0.6) is 0 Å². The van der Waals surface area contributed by atoms with E-state index < -0.39 is 10.0 Å². The topological polar surface area (TPSA) is 76.0 Å². The first-order valence-electron chi connectivity index (χ1n) is 7.69. The molecule has 0 aliphatic heterocycles. The second-order valence-corrected chi connectivity index (χ2v) is 7.98. The first kappa shape index (κ1) is 18.9. The summed E-state index contributed by atoms with van der Waals surface area (Å²) in [5.41, 5.74) is 4.20. The van der Waals surface area contributed by atoms with E-state index in [0.717, 1.165) is 33.8 Å². The van der Waals surface area contributed by atoms with Crippen molar-refractivity contribution in [2.75, 3.05) is 19.3 Å². The van der Waals surface area contributed by atoms with Gasteiger partial charge in [-0.25, -0.2) is 13.1 Å². The van der Waals surface area contributed by atoms with E-state index in [1.54, 1.807) is 0 Å². The number of nitrogens with one attached hydrogen (secondary N) is 2. The number of rotatable bonds is 8. The second-order valence-electron chi connectivity index (χ2n) is 5.74. The molecular formula is C16H23ClN4O2S.